The van der Waals surface area contributed by atoms with Crippen LogP contribution in [0.2, 0.25) is 0 Å². The van der Waals surface area contributed by atoms with Crippen molar-refractivity contribution in [1.29, 1.82) is 0 Å². The molecule has 0 radical (unpaired) electrons. The maximum atomic E-state index is 13.3. The maximum absolute atomic E-state index is 13.3. The molecule has 9 heteroatoms. The third kappa shape index (κ3) is 4.66. The Kier molecular flexibility index (Phi) is 7.09. The van der Waals surface area contributed by atoms with Gasteiger partial charge in [-0.3, -0.25) is 4.79 Å². The third-order valence-corrected chi connectivity index (χ3v) is 7.95. The first kappa shape index (κ1) is 25.5. The molecule has 9 nitrogen and oxygen atoms in total. The zero-order valence-electron chi connectivity index (χ0n) is 22.2. The van der Waals surface area contributed by atoms with Crippen molar-refractivity contribution in [3.63, 3.8) is 0 Å². The monoisotopic (exact) mass is 512 g/mol. The summed E-state index contributed by atoms with van der Waals surface area (Å²) in [4.78, 5) is 17.8. The minimum atomic E-state index is -0.371. The standard InChI is InChI=1S/C28H36N2O7/c1-29(2)8-9-30(3)7-6-17-18-12-21-22(37-15-36-21)13-19(18)25(26-20(17)14-35-28(26)32)16-10-23(33-4)27(31)24(11-16)34-5/h10-13,17,20,25-26,31H,6-9,14-15H2,1-5H3/t17-,20+,25-,26-/m0/s1. The van der Waals surface area contributed by atoms with Crippen molar-refractivity contribution in [3.8, 4) is 28.7 Å². The molecule has 0 spiro atoms. The van der Waals surface area contributed by atoms with Crippen LogP contribution in [0, 0.1) is 11.8 Å². The molecule has 0 aromatic heterocycles. The van der Waals surface area contributed by atoms with Crippen LogP contribution < -0.4 is 18.9 Å². The Morgan fingerprint density at radius 1 is 0.919 bits per heavy atom. The Balaban J connectivity index is 1.59. The molecule has 2 heterocycles. The van der Waals surface area contributed by atoms with Crippen LogP contribution >= 0.6 is 0 Å². The number of ether oxygens (including phenoxy) is 5. The molecular weight excluding hydrogens is 476 g/mol. The van der Waals surface area contributed by atoms with Crippen molar-refractivity contribution in [3.05, 3.63) is 41.0 Å². The highest BCUT2D eigenvalue weighted by Gasteiger charge is 2.52. The fourth-order valence-electron chi connectivity index (χ4n) is 5.98. The average Bonchev–Trinajstić information content (AvgIpc) is 3.50. The number of benzene rings is 2. The number of aromatic hydroxyl groups is 1. The van der Waals surface area contributed by atoms with E-state index in [1.165, 1.54) is 14.2 Å². The molecule has 3 aliphatic rings. The normalized spacial score (nSPS) is 23.7. The van der Waals surface area contributed by atoms with Crippen molar-refractivity contribution in [2.24, 2.45) is 11.8 Å². The van der Waals surface area contributed by atoms with Crippen LogP contribution in [0.4, 0.5) is 0 Å². The Hall–Kier alpha value is -3.17. The van der Waals surface area contributed by atoms with E-state index in [-0.39, 0.29) is 42.2 Å². The summed E-state index contributed by atoms with van der Waals surface area (Å²) < 4.78 is 28.1. The van der Waals surface area contributed by atoms with Gasteiger partial charge in [0.15, 0.2) is 23.0 Å². The van der Waals surface area contributed by atoms with E-state index >= 15 is 0 Å². The first-order valence-corrected chi connectivity index (χ1v) is 12.7. The van der Waals surface area contributed by atoms with E-state index in [2.05, 4.69) is 37.0 Å². The predicted octanol–water partition coefficient (Wildman–Crippen LogP) is 3.04. The zero-order valence-corrected chi connectivity index (χ0v) is 22.2. The number of nitrogens with zero attached hydrogens (tertiary/aromatic N) is 2. The summed E-state index contributed by atoms with van der Waals surface area (Å²) in [5.41, 5.74) is 2.99. The van der Waals surface area contributed by atoms with E-state index < -0.39 is 0 Å². The fourth-order valence-corrected chi connectivity index (χ4v) is 5.98. The number of hydrogen-bond donors (Lipinski definition) is 1. The summed E-state index contributed by atoms with van der Waals surface area (Å²) >= 11 is 0. The van der Waals surface area contributed by atoms with Gasteiger partial charge in [0.05, 0.1) is 26.7 Å². The maximum Gasteiger partial charge on any atom is 0.310 e. The summed E-state index contributed by atoms with van der Waals surface area (Å²) in [6, 6.07) is 7.67. The number of likely N-dealkylation sites (N-methyl/N-ethyl adjacent to an activating group) is 2. The van der Waals surface area contributed by atoms with Crippen LogP contribution in [0.15, 0.2) is 24.3 Å². The van der Waals surface area contributed by atoms with Crippen molar-refractivity contribution in [2.75, 3.05) is 68.4 Å². The summed E-state index contributed by atoms with van der Waals surface area (Å²) in [6.07, 6.45) is 0.892. The lowest BCUT2D eigenvalue weighted by atomic mass is 9.62. The van der Waals surface area contributed by atoms with Crippen molar-refractivity contribution in [1.82, 2.24) is 9.80 Å². The number of rotatable bonds is 9. The molecule has 4 atom stereocenters. The first-order chi connectivity index (χ1) is 17.8. The molecule has 200 valence electrons. The molecule has 5 rings (SSSR count). The van der Waals surface area contributed by atoms with Gasteiger partial charge < -0.3 is 38.6 Å². The quantitative estimate of drug-likeness (QED) is 0.509. The number of phenolic OH excluding ortho intramolecular Hbond substituents is 1. The Bertz CT molecular complexity index is 1140. The zero-order chi connectivity index (χ0) is 26.3. The van der Waals surface area contributed by atoms with Gasteiger partial charge in [-0.15, -0.1) is 0 Å². The summed E-state index contributed by atoms with van der Waals surface area (Å²) in [7, 11) is 9.29. The van der Waals surface area contributed by atoms with E-state index in [4.69, 9.17) is 23.7 Å². The molecule has 2 aliphatic heterocycles. The third-order valence-electron chi connectivity index (χ3n) is 7.95. The van der Waals surface area contributed by atoms with Gasteiger partial charge in [0.1, 0.15) is 0 Å². The minimum Gasteiger partial charge on any atom is -0.502 e. The van der Waals surface area contributed by atoms with Gasteiger partial charge in [-0.1, -0.05) is 0 Å². The first-order valence-electron chi connectivity index (χ1n) is 12.7. The van der Waals surface area contributed by atoms with Gasteiger partial charge in [0.2, 0.25) is 12.5 Å². The lowest BCUT2D eigenvalue weighted by Gasteiger charge is -2.40. The van der Waals surface area contributed by atoms with E-state index in [9.17, 15) is 9.90 Å². The van der Waals surface area contributed by atoms with Gasteiger partial charge in [0.25, 0.3) is 0 Å². The molecule has 37 heavy (non-hydrogen) atoms. The predicted molar refractivity (Wildman–Crippen MR) is 137 cm³/mol. The molecule has 0 amide bonds. The Morgan fingerprint density at radius 3 is 2.19 bits per heavy atom. The smallest absolute Gasteiger partial charge is 0.310 e. The second-order valence-electron chi connectivity index (χ2n) is 10.4. The number of methoxy groups -OCH3 is 2. The van der Waals surface area contributed by atoms with Gasteiger partial charge in [-0.05, 0) is 81.0 Å². The van der Waals surface area contributed by atoms with E-state index in [0.717, 1.165) is 48.5 Å². The van der Waals surface area contributed by atoms with Crippen LogP contribution in [0.5, 0.6) is 28.7 Å². The van der Waals surface area contributed by atoms with E-state index in [0.29, 0.717) is 23.9 Å². The molecular formula is C28H36N2O7. The molecule has 1 aliphatic carbocycles. The highest BCUT2D eigenvalue weighted by Crippen LogP contribution is 2.56. The number of hydrogen-bond acceptors (Lipinski definition) is 9. The molecule has 0 bridgehead atoms. The summed E-state index contributed by atoms with van der Waals surface area (Å²) in [6.45, 7) is 3.40. The van der Waals surface area contributed by atoms with Gasteiger partial charge in [-0.2, -0.15) is 0 Å². The molecule has 1 fully saturated rings. The molecule has 1 N–H and O–H groups in total. The molecule has 0 unspecified atom stereocenters. The van der Waals surface area contributed by atoms with Crippen LogP contribution in [0.1, 0.15) is 34.9 Å². The summed E-state index contributed by atoms with van der Waals surface area (Å²) in [5, 5.41) is 10.5. The van der Waals surface area contributed by atoms with Crippen LogP contribution in [-0.2, 0) is 9.53 Å². The SMILES string of the molecule is COc1cc([C@H]2c3cc4c(cc3[C@H](CCN(C)CCN(C)C)[C@H]3COC(=O)[C@H]23)OCO4)cc(OC)c1O. The second kappa shape index (κ2) is 10.3. The van der Waals surface area contributed by atoms with Crippen molar-refractivity contribution in [2.45, 2.75) is 18.3 Å². The fraction of sp³-hybridized carbons (Fsp3) is 0.536. The van der Waals surface area contributed by atoms with Crippen molar-refractivity contribution >= 4 is 5.97 Å². The lowest BCUT2D eigenvalue weighted by Crippen LogP contribution is -2.37. The number of esters is 1. The number of fused-ring (bicyclic) bond motifs is 3. The molecule has 0 saturated carbocycles. The highest BCUT2D eigenvalue weighted by molar-refractivity contribution is 5.79. The van der Waals surface area contributed by atoms with Gasteiger partial charge in [-0.25, -0.2) is 0 Å². The summed E-state index contributed by atoms with van der Waals surface area (Å²) in [5.74, 6) is 1.18. The largest absolute Gasteiger partial charge is 0.502 e. The number of phenols is 1. The Labute approximate surface area is 217 Å². The van der Waals surface area contributed by atoms with Crippen molar-refractivity contribution < 1.29 is 33.6 Å². The van der Waals surface area contributed by atoms with Crippen LogP contribution in [0.3, 0.4) is 0 Å². The Morgan fingerprint density at radius 2 is 1.57 bits per heavy atom. The number of carbonyl (C=O) groups excluding carboxylic acids is 1. The van der Waals surface area contributed by atoms with E-state index in [1.807, 2.05) is 6.07 Å². The van der Waals surface area contributed by atoms with E-state index in [1.54, 1.807) is 12.1 Å². The topological polar surface area (TPSA) is 89.9 Å². The highest BCUT2D eigenvalue weighted by atomic mass is 16.7. The lowest BCUT2D eigenvalue weighted by molar-refractivity contribution is -0.141. The van der Waals surface area contributed by atoms with Gasteiger partial charge in [0, 0.05) is 24.9 Å². The van der Waals surface area contributed by atoms with Gasteiger partial charge >= 0.3 is 5.97 Å². The van der Waals surface area contributed by atoms with Crippen LogP contribution in [0.25, 0.3) is 0 Å². The number of cyclic esters (lactones) is 1. The number of carbonyl (C=O) groups is 1. The minimum absolute atomic E-state index is 0.0124. The molecule has 1 saturated heterocycles. The average molecular weight is 513 g/mol. The second-order valence-corrected chi connectivity index (χ2v) is 10.4. The molecule has 2 aromatic carbocycles. The molecule has 2 aromatic rings. The van der Waals surface area contributed by atoms with Crippen LogP contribution in [-0.4, -0.2) is 89.3 Å².